The number of aliphatic hydroxyl groups is 1. The lowest BCUT2D eigenvalue weighted by molar-refractivity contribution is -0.138. The first kappa shape index (κ1) is 16.5. The first-order valence-corrected chi connectivity index (χ1v) is 7.82. The van der Waals surface area contributed by atoms with Crippen molar-refractivity contribution in [1.29, 1.82) is 0 Å². The first-order valence-electron chi connectivity index (χ1n) is 7.82. The third-order valence-electron chi connectivity index (χ3n) is 3.70. The second-order valence-corrected chi connectivity index (χ2v) is 5.53. The van der Waals surface area contributed by atoms with Gasteiger partial charge in [-0.2, -0.15) is 0 Å². The molecule has 1 heterocycles. The Morgan fingerprint density at radius 2 is 1.64 bits per heavy atom. The highest BCUT2D eigenvalue weighted by molar-refractivity contribution is 5.96. The summed E-state index contributed by atoms with van der Waals surface area (Å²) in [6, 6.07) is 6.16. The monoisotopic (exact) mass is 306 g/mol. The predicted molar refractivity (Wildman–Crippen MR) is 80.4 cm³/mol. The number of esters is 2. The number of hydrogen-bond acceptors (Lipinski definition) is 5. The Kier molecular flexibility index (Phi) is 5.95. The molecule has 0 saturated carbocycles. The van der Waals surface area contributed by atoms with Crippen LogP contribution in [0.1, 0.15) is 66.2 Å². The molecule has 5 heteroatoms. The Labute approximate surface area is 130 Å². The van der Waals surface area contributed by atoms with E-state index >= 15 is 0 Å². The van der Waals surface area contributed by atoms with Crippen molar-refractivity contribution in [2.75, 3.05) is 0 Å². The second kappa shape index (κ2) is 7.94. The van der Waals surface area contributed by atoms with Crippen LogP contribution in [-0.4, -0.2) is 29.4 Å². The van der Waals surface area contributed by atoms with E-state index in [1.807, 2.05) is 0 Å². The minimum absolute atomic E-state index is 0.286. The van der Waals surface area contributed by atoms with Gasteiger partial charge < -0.3 is 14.6 Å². The highest BCUT2D eigenvalue weighted by Gasteiger charge is 2.30. The molecular formula is C17H22O5. The zero-order valence-corrected chi connectivity index (χ0v) is 12.8. The van der Waals surface area contributed by atoms with Crippen molar-refractivity contribution in [3.8, 4) is 0 Å². The topological polar surface area (TPSA) is 72.8 Å². The number of rotatable bonds is 7. The summed E-state index contributed by atoms with van der Waals surface area (Å²) in [6.45, 7) is 2.14. The molecule has 22 heavy (non-hydrogen) atoms. The number of carbonyl (C=O) groups excluding carboxylic acids is 2. The lowest BCUT2D eigenvalue weighted by Gasteiger charge is -2.24. The van der Waals surface area contributed by atoms with Crippen molar-refractivity contribution in [3.63, 3.8) is 0 Å². The first-order chi connectivity index (χ1) is 10.6. The maximum Gasteiger partial charge on any atom is 0.341 e. The highest BCUT2D eigenvalue weighted by Crippen LogP contribution is 2.19. The number of aliphatic hydroxyl groups excluding tert-OH is 1. The van der Waals surface area contributed by atoms with Crippen molar-refractivity contribution < 1.29 is 24.2 Å². The fourth-order valence-corrected chi connectivity index (χ4v) is 2.39. The third-order valence-corrected chi connectivity index (χ3v) is 3.70. The standard InChI is InChI=1S/C17H22O5/c1-2-3-4-5-6-10-14(18)17-21-15(19)12-8-7-9-13(11-12)16(20)22-17/h7-9,11,14,17-18H,2-6,10H2,1H3. The molecule has 0 radical (unpaired) electrons. The molecule has 1 unspecified atom stereocenters. The summed E-state index contributed by atoms with van der Waals surface area (Å²) >= 11 is 0. The van der Waals surface area contributed by atoms with E-state index < -0.39 is 24.3 Å². The Bertz CT molecular complexity index is 492. The van der Waals surface area contributed by atoms with Crippen molar-refractivity contribution in [2.45, 2.75) is 57.8 Å². The van der Waals surface area contributed by atoms with Crippen molar-refractivity contribution >= 4 is 11.9 Å². The van der Waals surface area contributed by atoms with Gasteiger partial charge >= 0.3 is 11.9 Å². The van der Waals surface area contributed by atoms with E-state index in [9.17, 15) is 14.7 Å². The quantitative estimate of drug-likeness (QED) is 0.619. The average Bonchev–Trinajstić information content (AvgIpc) is 2.53. The molecule has 0 aliphatic carbocycles. The largest absolute Gasteiger partial charge is 0.419 e. The average molecular weight is 306 g/mol. The third kappa shape index (κ3) is 4.31. The normalized spacial score (nSPS) is 16.5. The summed E-state index contributed by atoms with van der Waals surface area (Å²) in [5.41, 5.74) is 0.573. The molecule has 1 aliphatic rings. The SMILES string of the molecule is CCCCCCCC(O)C1OC(=O)c2cccc(c2)C(=O)O1. The second-order valence-electron chi connectivity index (χ2n) is 5.53. The van der Waals surface area contributed by atoms with E-state index in [0.717, 1.165) is 32.1 Å². The number of hydrogen-bond donors (Lipinski definition) is 1. The number of fused-ring (bicyclic) bond motifs is 2. The lowest BCUT2D eigenvalue weighted by atomic mass is 10.1. The van der Waals surface area contributed by atoms with E-state index in [0.29, 0.717) is 6.42 Å². The van der Waals surface area contributed by atoms with E-state index in [1.54, 1.807) is 18.2 Å². The molecule has 1 aromatic carbocycles. The van der Waals surface area contributed by atoms with Gasteiger partial charge in [-0.25, -0.2) is 9.59 Å². The zero-order valence-electron chi connectivity index (χ0n) is 12.8. The van der Waals surface area contributed by atoms with Crippen LogP contribution in [0.2, 0.25) is 0 Å². The van der Waals surface area contributed by atoms with Crippen LogP contribution in [0.15, 0.2) is 24.3 Å². The number of carbonyl (C=O) groups is 2. The van der Waals surface area contributed by atoms with Gasteiger partial charge in [0.25, 0.3) is 6.29 Å². The maximum atomic E-state index is 11.9. The van der Waals surface area contributed by atoms with Gasteiger partial charge in [0.2, 0.25) is 0 Å². The summed E-state index contributed by atoms with van der Waals surface area (Å²) in [5.74, 6) is -1.19. The van der Waals surface area contributed by atoms with Crippen LogP contribution in [-0.2, 0) is 9.47 Å². The molecule has 0 saturated heterocycles. The molecule has 0 amide bonds. The van der Waals surface area contributed by atoms with Crippen LogP contribution < -0.4 is 0 Å². The van der Waals surface area contributed by atoms with Gasteiger partial charge in [0.05, 0.1) is 11.1 Å². The van der Waals surface area contributed by atoms with E-state index in [2.05, 4.69) is 6.92 Å². The number of ether oxygens (including phenoxy) is 2. The molecular weight excluding hydrogens is 284 g/mol. The number of cyclic esters (lactones) is 2. The smallest absolute Gasteiger partial charge is 0.341 e. The molecule has 2 rings (SSSR count). The Morgan fingerprint density at radius 1 is 1.05 bits per heavy atom. The predicted octanol–water partition coefficient (Wildman–Crippen LogP) is 3.06. The molecule has 0 aromatic heterocycles. The Balaban J connectivity index is 1.94. The molecule has 120 valence electrons. The van der Waals surface area contributed by atoms with Crippen LogP contribution in [0.25, 0.3) is 0 Å². The minimum Gasteiger partial charge on any atom is -0.419 e. The van der Waals surface area contributed by atoms with E-state index in [1.165, 1.54) is 6.07 Å². The summed E-state index contributed by atoms with van der Waals surface area (Å²) < 4.78 is 10.2. The van der Waals surface area contributed by atoms with E-state index in [-0.39, 0.29) is 11.1 Å². The van der Waals surface area contributed by atoms with E-state index in [4.69, 9.17) is 9.47 Å². The summed E-state index contributed by atoms with van der Waals surface area (Å²) in [4.78, 5) is 23.9. The molecule has 1 N–H and O–H groups in total. The van der Waals surface area contributed by atoms with Crippen molar-refractivity contribution in [3.05, 3.63) is 35.4 Å². The van der Waals surface area contributed by atoms with Gasteiger partial charge in [0.15, 0.2) is 0 Å². The minimum atomic E-state index is -1.25. The molecule has 1 aromatic rings. The number of unbranched alkanes of at least 4 members (excludes halogenated alkanes) is 4. The van der Waals surface area contributed by atoms with Gasteiger partial charge in [0.1, 0.15) is 6.10 Å². The molecule has 0 fully saturated rings. The Hall–Kier alpha value is -1.88. The van der Waals surface area contributed by atoms with Gasteiger partial charge in [-0.05, 0) is 24.6 Å². The fraction of sp³-hybridized carbons (Fsp3) is 0.529. The van der Waals surface area contributed by atoms with Crippen LogP contribution in [0.4, 0.5) is 0 Å². The molecule has 1 aliphatic heterocycles. The zero-order chi connectivity index (χ0) is 15.9. The van der Waals surface area contributed by atoms with Crippen molar-refractivity contribution in [1.82, 2.24) is 0 Å². The van der Waals surface area contributed by atoms with Gasteiger partial charge in [-0.15, -0.1) is 0 Å². The lowest BCUT2D eigenvalue weighted by Crippen LogP contribution is -2.37. The van der Waals surface area contributed by atoms with Crippen LogP contribution in [0, 0.1) is 0 Å². The fourth-order valence-electron chi connectivity index (χ4n) is 2.39. The van der Waals surface area contributed by atoms with Crippen molar-refractivity contribution in [2.24, 2.45) is 0 Å². The van der Waals surface area contributed by atoms with Crippen LogP contribution >= 0.6 is 0 Å². The molecule has 5 nitrogen and oxygen atoms in total. The van der Waals surface area contributed by atoms with Crippen LogP contribution in [0.3, 0.4) is 0 Å². The molecule has 1 atom stereocenters. The molecule has 0 spiro atoms. The summed E-state index contributed by atoms with van der Waals surface area (Å²) in [6.07, 6.45) is 3.41. The van der Waals surface area contributed by atoms with Gasteiger partial charge in [-0.1, -0.05) is 45.1 Å². The highest BCUT2D eigenvalue weighted by atomic mass is 16.7. The van der Waals surface area contributed by atoms with Gasteiger partial charge in [0, 0.05) is 0 Å². The summed E-state index contributed by atoms with van der Waals surface area (Å²) in [5, 5.41) is 10.1. The van der Waals surface area contributed by atoms with Gasteiger partial charge in [-0.3, -0.25) is 0 Å². The number of benzene rings is 1. The Morgan fingerprint density at radius 3 is 2.23 bits per heavy atom. The maximum absolute atomic E-state index is 11.9. The molecule has 2 bridgehead atoms. The van der Waals surface area contributed by atoms with Crippen LogP contribution in [0.5, 0.6) is 0 Å². The summed E-state index contributed by atoms with van der Waals surface area (Å²) in [7, 11) is 0.